The first kappa shape index (κ1) is 24.1. The fourth-order valence-electron chi connectivity index (χ4n) is 4.60. The number of nitrogens with zero attached hydrogens (tertiary/aromatic N) is 2. The molecule has 0 unspecified atom stereocenters. The second-order valence-electron chi connectivity index (χ2n) is 8.56. The number of anilines is 1. The third kappa shape index (κ3) is 4.76. The Bertz CT molecular complexity index is 1290. The fourth-order valence-corrected chi connectivity index (χ4v) is 5.01. The van der Waals surface area contributed by atoms with E-state index >= 15 is 0 Å². The molecule has 2 fully saturated rings. The molecule has 178 valence electrons. The van der Waals surface area contributed by atoms with Crippen molar-refractivity contribution in [3.05, 3.63) is 67.0 Å². The van der Waals surface area contributed by atoms with E-state index in [0.29, 0.717) is 16.4 Å². The molecular formula is C24H25ClN4O4S. The number of carbonyl (C=O) groups excluding carboxylic acids is 2. The average molecular weight is 501 g/mol. The Morgan fingerprint density at radius 3 is 2.26 bits per heavy atom. The van der Waals surface area contributed by atoms with Crippen LogP contribution in [-0.2, 0) is 9.59 Å². The normalized spacial score (nSPS) is 19.2. The van der Waals surface area contributed by atoms with Crippen molar-refractivity contribution in [2.75, 3.05) is 4.90 Å². The molecule has 2 aliphatic rings. The summed E-state index contributed by atoms with van der Waals surface area (Å²) in [5.74, 6) is -1.37. The van der Waals surface area contributed by atoms with Gasteiger partial charge in [0.25, 0.3) is 17.4 Å². The van der Waals surface area contributed by atoms with Gasteiger partial charge in [0.15, 0.2) is 5.11 Å². The summed E-state index contributed by atoms with van der Waals surface area (Å²) in [4.78, 5) is 55.0. The number of nitrogens with one attached hydrogen (secondary N) is 2. The van der Waals surface area contributed by atoms with Gasteiger partial charge in [-0.3, -0.25) is 34.2 Å². The van der Waals surface area contributed by atoms with E-state index in [4.69, 9.17) is 23.8 Å². The van der Waals surface area contributed by atoms with Crippen molar-refractivity contribution in [2.24, 2.45) is 0 Å². The van der Waals surface area contributed by atoms with Gasteiger partial charge in [-0.15, -0.1) is 0 Å². The zero-order valence-electron chi connectivity index (χ0n) is 18.7. The Balaban J connectivity index is 1.77. The van der Waals surface area contributed by atoms with Gasteiger partial charge in [0.05, 0.1) is 11.3 Å². The molecule has 0 spiro atoms. The van der Waals surface area contributed by atoms with Gasteiger partial charge in [0.2, 0.25) is 0 Å². The molecule has 2 heterocycles. The Morgan fingerprint density at radius 1 is 1.00 bits per heavy atom. The number of aromatic amines is 1. The molecule has 0 atom stereocenters. The molecule has 4 rings (SSSR count). The van der Waals surface area contributed by atoms with Gasteiger partial charge in [0.1, 0.15) is 5.57 Å². The van der Waals surface area contributed by atoms with Crippen molar-refractivity contribution in [1.29, 1.82) is 0 Å². The molecule has 2 aromatic rings. The first-order valence-corrected chi connectivity index (χ1v) is 12.1. The molecule has 1 aromatic heterocycles. The van der Waals surface area contributed by atoms with Crippen molar-refractivity contribution in [3.63, 3.8) is 0 Å². The van der Waals surface area contributed by atoms with Crippen LogP contribution in [0.5, 0.6) is 0 Å². The van der Waals surface area contributed by atoms with Gasteiger partial charge in [-0.1, -0.05) is 43.7 Å². The highest BCUT2D eigenvalue weighted by molar-refractivity contribution is 7.80. The molecule has 1 saturated heterocycles. The quantitative estimate of drug-likeness (QED) is 0.380. The van der Waals surface area contributed by atoms with Gasteiger partial charge < -0.3 is 0 Å². The van der Waals surface area contributed by atoms with E-state index < -0.39 is 23.1 Å². The molecule has 34 heavy (non-hydrogen) atoms. The van der Waals surface area contributed by atoms with Crippen LogP contribution in [0.25, 0.3) is 6.08 Å². The van der Waals surface area contributed by atoms with Gasteiger partial charge in [-0.2, -0.15) is 0 Å². The van der Waals surface area contributed by atoms with Crippen molar-refractivity contribution in [1.82, 2.24) is 14.9 Å². The van der Waals surface area contributed by atoms with Crippen LogP contribution in [0.2, 0.25) is 5.02 Å². The third-order valence-corrected chi connectivity index (χ3v) is 6.89. The van der Waals surface area contributed by atoms with Crippen LogP contribution in [0.3, 0.4) is 0 Å². The topological polar surface area (TPSA) is 104 Å². The highest BCUT2D eigenvalue weighted by Gasteiger charge is 2.35. The van der Waals surface area contributed by atoms with Gasteiger partial charge in [-0.25, -0.2) is 4.79 Å². The summed E-state index contributed by atoms with van der Waals surface area (Å²) in [5, 5.41) is 2.92. The molecule has 0 bridgehead atoms. The lowest BCUT2D eigenvalue weighted by molar-refractivity contribution is -0.122. The van der Waals surface area contributed by atoms with Gasteiger partial charge >= 0.3 is 5.69 Å². The Morgan fingerprint density at radius 2 is 1.62 bits per heavy atom. The fraction of sp³-hybridized carbons (Fsp3) is 0.375. The number of halogens is 1. The number of thiocarbonyl (C=S) groups is 1. The smallest absolute Gasteiger partial charge is 0.298 e. The lowest BCUT2D eigenvalue weighted by Crippen LogP contribution is -2.54. The molecule has 0 radical (unpaired) electrons. The number of aromatic nitrogens is 2. The van der Waals surface area contributed by atoms with E-state index in [9.17, 15) is 19.2 Å². The average Bonchev–Trinajstić information content (AvgIpc) is 2.75. The van der Waals surface area contributed by atoms with Crippen LogP contribution >= 0.6 is 23.8 Å². The summed E-state index contributed by atoms with van der Waals surface area (Å²) in [6.45, 7) is 1.68. The van der Waals surface area contributed by atoms with Gasteiger partial charge in [0, 0.05) is 16.8 Å². The van der Waals surface area contributed by atoms with Crippen LogP contribution in [0, 0.1) is 6.92 Å². The molecule has 2 amide bonds. The number of benzene rings is 1. The predicted molar refractivity (Wildman–Crippen MR) is 135 cm³/mol. The van der Waals surface area contributed by atoms with E-state index in [1.807, 2.05) is 0 Å². The van der Waals surface area contributed by atoms with Crippen LogP contribution in [0.1, 0.15) is 62.2 Å². The Labute approximate surface area is 206 Å². The minimum atomic E-state index is -0.706. The van der Waals surface area contributed by atoms with Crippen molar-refractivity contribution >= 4 is 52.5 Å². The number of carbonyl (C=O) groups is 2. The lowest BCUT2D eigenvalue weighted by Gasteiger charge is -2.29. The number of amides is 2. The third-order valence-electron chi connectivity index (χ3n) is 6.35. The highest BCUT2D eigenvalue weighted by Crippen LogP contribution is 2.27. The van der Waals surface area contributed by atoms with Gasteiger partial charge in [-0.05, 0) is 62.3 Å². The molecule has 1 saturated carbocycles. The van der Waals surface area contributed by atoms with E-state index in [1.165, 1.54) is 17.4 Å². The van der Waals surface area contributed by atoms with E-state index in [2.05, 4.69) is 10.3 Å². The summed E-state index contributed by atoms with van der Waals surface area (Å²) < 4.78 is 1.60. The van der Waals surface area contributed by atoms with Crippen molar-refractivity contribution in [2.45, 2.75) is 57.9 Å². The van der Waals surface area contributed by atoms with Crippen LogP contribution in [-0.4, -0.2) is 26.5 Å². The van der Waals surface area contributed by atoms with Crippen LogP contribution < -0.4 is 21.5 Å². The zero-order valence-corrected chi connectivity index (χ0v) is 20.3. The first-order chi connectivity index (χ1) is 16.3. The minimum absolute atomic E-state index is 0.0455. The summed E-state index contributed by atoms with van der Waals surface area (Å²) in [6, 6.07) is 6.37. The molecule has 8 nitrogen and oxygen atoms in total. The Kier molecular flexibility index (Phi) is 7.13. The summed E-state index contributed by atoms with van der Waals surface area (Å²) >= 11 is 11.2. The maximum atomic E-state index is 13.3. The van der Waals surface area contributed by atoms with E-state index in [-0.39, 0.29) is 22.3 Å². The first-order valence-electron chi connectivity index (χ1n) is 11.3. The summed E-state index contributed by atoms with van der Waals surface area (Å²) in [7, 11) is 0. The maximum absolute atomic E-state index is 13.3. The molecule has 2 N–H and O–H groups in total. The van der Waals surface area contributed by atoms with Crippen LogP contribution in [0.4, 0.5) is 5.69 Å². The minimum Gasteiger partial charge on any atom is -0.298 e. The van der Waals surface area contributed by atoms with Crippen molar-refractivity contribution < 1.29 is 9.59 Å². The largest absolute Gasteiger partial charge is 0.328 e. The number of hydrogen-bond acceptors (Lipinski definition) is 5. The highest BCUT2D eigenvalue weighted by atomic mass is 35.5. The Hall–Kier alpha value is -3.04. The SMILES string of the molecule is Cc1c(C=C2C(=O)NC(=S)N(c3ccc(Cl)cc3)C2=O)c(=O)[nH]c(=O)n1C1CCCCCCC1. The molecule has 1 aromatic carbocycles. The maximum Gasteiger partial charge on any atom is 0.328 e. The number of rotatable bonds is 3. The molecule has 1 aliphatic carbocycles. The molecule has 10 heteroatoms. The molecule has 1 aliphatic heterocycles. The summed E-state index contributed by atoms with van der Waals surface area (Å²) in [5.41, 5.74) is -0.416. The molecular weight excluding hydrogens is 476 g/mol. The van der Waals surface area contributed by atoms with E-state index in [1.54, 1.807) is 35.8 Å². The van der Waals surface area contributed by atoms with Crippen molar-refractivity contribution in [3.8, 4) is 0 Å². The second-order valence-corrected chi connectivity index (χ2v) is 9.38. The number of H-pyrrole nitrogens is 1. The zero-order chi connectivity index (χ0) is 24.4. The van der Waals surface area contributed by atoms with E-state index in [0.717, 1.165) is 38.5 Å². The monoisotopic (exact) mass is 500 g/mol. The second kappa shape index (κ2) is 10.1. The summed E-state index contributed by atoms with van der Waals surface area (Å²) in [6.07, 6.45) is 8.32. The van der Waals surface area contributed by atoms with Crippen LogP contribution in [0.15, 0.2) is 39.4 Å². The standard InChI is InChI=1S/C24H25ClN4O4S/c1-14-18(20(30)26-23(33)28(14)16-7-5-3-2-4-6-8-16)13-19-21(31)27-24(34)29(22(19)32)17-11-9-15(25)10-12-17/h9-13,16H,2-8H2,1H3,(H,26,30,33)(H,27,31,34). The lowest BCUT2D eigenvalue weighted by atomic mass is 9.96. The number of hydrogen-bond donors (Lipinski definition) is 2. The predicted octanol–water partition coefficient (Wildman–Crippen LogP) is 3.62.